The fraction of sp³-hybridized carbons (Fsp3) is 0.409. The van der Waals surface area contributed by atoms with Gasteiger partial charge in [0.25, 0.3) is 0 Å². The van der Waals surface area contributed by atoms with E-state index in [2.05, 4.69) is 51.3 Å². The van der Waals surface area contributed by atoms with Crippen molar-refractivity contribution in [3.05, 3.63) is 59.9 Å². The Bertz CT molecular complexity index is 936. The summed E-state index contributed by atoms with van der Waals surface area (Å²) in [7, 11) is 1.95. The van der Waals surface area contributed by atoms with Crippen LogP contribution in [0.2, 0.25) is 0 Å². The fourth-order valence-electron chi connectivity index (χ4n) is 4.17. The topological polar surface area (TPSA) is 67.1 Å². The first-order chi connectivity index (χ1) is 13.6. The first kappa shape index (κ1) is 18.6. The lowest BCUT2D eigenvalue weighted by molar-refractivity contribution is 0.105. The minimum absolute atomic E-state index is 0.148. The Balaban J connectivity index is 1.54. The van der Waals surface area contributed by atoms with E-state index in [1.165, 1.54) is 11.1 Å². The maximum atomic E-state index is 10.3. The number of aliphatic hydroxyl groups is 1. The van der Waals surface area contributed by atoms with Crippen LogP contribution >= 0.6 is 0 Å². The van der Waals surface area contributed by atoms with Crippen molar-refractivity contribution in [1.29, 1.82) is 0 Å². The first-order valence-corrected chi connectivity index (χ1v) is 9.82. The lowest BCUT2D eigenvalue weighted by atomic mass is 9.75. The van der Waals surface area contributed by atoms with Gasteiger partial charge in [-0.1, -0.05) is 24.3 Å². The van der Waals surface area contributed by atoms with Gasteiger partial charge in [-0.05, 0) is 49.4 Å². The Hall–Kier alpha value is -2.73. The van der Waals surface area contributed by atoms with Crippen molar-refractivity contribution in [3.63, 3.8) is 0 Å². The predicted molar refractivity (Wildman–Crippen MR) is 110 cm³/mol. The van der Waals surface area contributed by atoms with E-state index in [1.807, 2.05) is 29.9 Å². The third-order valence-electron chi connectivity index (χ3n) is 5.85. The molecule has 1 aliphatic rings. The molecule has 1 aliphatic heterocycles. The molecule has 1 atom stereocenters. The molecule has 0 aliphatic carbocycles. The van der Waals surface area contributed by atoms with E-state index in [1.54, 1.807) is 6.20 Å². The number of piperidine rings is 1. The largest absolute Gasteiger partial charge is 0.396 e. The third-order valence-corrected chi connectivity index (χ3v) is 5.85. The smallest absolute Gasteiger partial charge is 0.160 e. The molecule has 1 N–H and O–H groups in total. The van der Waals surface area contributed by atoms with E-state index in [0.29, 0.717) is 0 Å². The van der Waals surface area contributed by atoms with Crippen molar-refractivity contribution in [2.75, 3.05) is 24.6 Å². The number of aliphatic hydroxyl groups excluding tert-OH is 1. The Morgan fingerprint density at radius 3 is 2.68 bits per heavy atom. The standard InChI is InChI=1S/C22H27N5O/c1-17-6-3-4-7-18(17)14-22(16-28)10-5-12-27(15-22)20-9-8-19(24-25-20)21-23-11-13-26(21)2/h3-4,6-9,11,13,28H,5,10,12,14-16H2,1-2H3. The van der Waals surface area contributed by atoms with Gasteiger partial charge in [-0.25, -0.2) is 4.98 Å². The number of hydrogen-bond acceptors (Lipinski definition) is 5. The molecular weight excluding hydrogens is 350 g/mol. The monoisotopic (exact) mass is 377 g/mol. The highest BCUT2D eigenvalue weighted by atomic mass is 16.3. The van der Waals surface area contributed by atoms with Crippen LogP contribution in [0.4, 0.5) is 5.82 Å². The maximum Gasteiger partial charge on any atom is 0.160 e. The summed E-state index contributed by atoms with van der Waals surface area (Å²) in [5.74, 6) is 1.67. The molecule has 3 heterocycles. The predicted octanol–water partition coefficient (Wildman–Crippen LogP) is 3.01. The van der Waals surface area contributed by atoms with Gasteiger partial charge in [-0.2, -0.15) is 0 Å². The summed E-state index contributed by atoms with van der Waals surface area (Å²) in [6.45, 7) is 4.04. The molecule has 0 saturated carbocycles. The highest BCUT2D eigenvalue weighted by Crippen LogP contribution is 2.35. The van der Waals surface area contributed by atoms with Crippen molar-refractivity contribution in [3.8, 4) is 11.5 Å². The molecule has 6 nitrogen and oxygen atoms in total. The van der Waals surface area contributed by atoms with E-state index in [-0.39, 0.29) is 12.0 Å². The van der Waals surface area contributed by atoms with Gasteiger partial charge < -0.3 is 14.6 Å². The van der Waals surface area contributed by atoms with E-state index < -0.39 is 0 Å². The van der Waals surface area contributed by atoms with Crippen molar-refractivity contribution < 1.29 is 5.11 Å². The second-order valence-electron chi connectivity index (χ2n) is 7.93. The van der Waals surface area contributed by atoms with Crippen molar-refractivity contribution >= 4 is 5.82 Å². The number of rotatable bonds is 5. The summed E-state index contributed by atoms with van der Waals surface area (Å²) in [5.41, 5.74) is 3.22. The number of benzene rings is 1. The minimum Gasteiger partial charge on any atom is -0.396 e. The van der Waals surface area contributed by atoms with Gasteiger partial charge in [0.05, 0.1) is 6.61 Å². The Morgan fingerprint density at radius 1 is 1.14 bits per heavy atom. The second kappa shape index (κ2) is 7.72. The maximum absolute atomic E-state index is 10.3. The molecule has 0 bridgehead atoms. The zero-order chi connectivity index (χ0) is 19.6. The summed E-state index contributed by atoms with van der Waals surface area (Å²) < 4.78 is 1.93. The SMILES string of the molecule is Cc1ccccc1CC1(CO)CCCN(c2ccc(-c3nccn3C)nn2)C1. The fourth-order valence-corrected chi connectivity index (χ4v) is 4.17. The lowest BCUT2D eigenvalue weighted by Crippen LogP contribution is -2.47. The molecule has 2 aromatic heterocycles. The van der Waals surface area contributed by atoms with Crippen LogP contribution in [0.5, 0.6) is 0 Å². The molecule has 146 valence electrons. The highest BCUT2D eigenvalue weighted by Gasteiger charge is 2.36. The molecule has 1 saturated heterocycles. The van der Waals surface area contributed by atoms with Crippen molar-refractivity contribution in [1.82, 2.24) is 19.7 Å². The Morgan fingerprint density at radius 2 is 2.00 bits per heavy atom. The minimum atomic E-state index is -0.148. The molecule has 1 unspecified atom stereocenters. The Kier molecular flexibility index (Phi) is 5.13. The molecule has 3 aromatic rings. The van der Waals surface area contributed by atoms with Crippen molar-refractivity contribution in [2.24, 2.45) is 12.5 Å². The van der Waals surface area contributed by atoms with Crippen molar-refractivity contribution in [2.45, 2.75) is 26.2 Å². The Labute approximate surface area is 165 Å². The number of anilines is 1. The number of aryl methyl sites for hydroxylation is 2. The van der Waals surface area contributed by atoms with E-state index in [4.69, 9.17) is 0 Å². The van der Waals surface area contributed by atoms with Crippen LogP contribution < -0.4 is 4.90 Å². The summed E-state index contributed by atoms with van der Waals surface area (Å²) >= 11 is 0. The third kappa shape index (κ3) is 3.64. The van der Waals surface area contributed by atoms with Gasteiger partial charge in [0.15, 0.2) is 11.6 Å². The van der Waals surface area contributed by atoms with Gasteiger partial charge in [0.2, 0.25) is 0 Å². The van der Waals surface area contributed by atoms with Gasteiger partial charge in [0.1, 0.15) is 5.69 Å². The van der Waals surface area contributed by atoms with Crippen LogP contribution in [0, 0.1) is 12.3 Å². The zero-order valence-corrected chi connectivity index (χ0v) is 16.5. The highest BCUT2D eigenvalue weighted by molar-refractivity contribution is 5.52. The molecule has 28 heavy (non-hydrogen) atoms. The number of aromatic nitrogens is 4. The molecule has 0 radical (unpaired) electrons. The van der Waals surface area contributed by atoms with Crippen LogP contribution in [0.3, 0.4) is 0 Å². The lowest BCUT2D eigenvalue weighted by Gasteiger charge is -2.42. The summed E-state index contributed by atoms with van der Waals surface area (Å²) in [4.78, 5) is 6.59. The molecule has 0 amide bonds. The van der Waals surface area contributed by atoms with Crippen LogP contribution in [-0.2, 0) is 13.5 Å². The van der Waals surface area contributed by atoms with Crippen LogP contribution in [0.1, 0.15) is 24.0 Å². The first-order valence-electron chi connectivity index (χ1n) is 9.82. The van der Waals surface area contributed by atoms with Crippen LogP contribution in [0.15, 0.2) is 48.8 Å². The van der Waals surface area contributed by atoms with Crippen LogP contribution in [0.25, 0.3) is 11.5 Å². The molecule has 4 rings (SSSR count). The quantitative estimate of drug-likeness (QED) is 0.740. The average Bonchev–Trinajstić information content (AvgIpc) is 3.16. The normalized spacial score (nSPS) is 19.8. The van der Waals surface area contributed by atoms with Gasteiger partial charge in [-0.15, -0.1) is 10.2 Å². The summed E-state index contributed by atoms with van der Waals surface area (Å²) in [6, 6.07) is 12.4. The van der Waals surface area contributed by atoms with E-state index in [9.17, 15) is 5.11 Å². The number of nitrogens with zero attached hydrogens (tertiary/aromatic N) is 5. The molecular formula is C22H27N5O. The number of hydrogen-bond donors (Lipinski definition) is 1. The molecule has 1 fully saturated rings. The van der Waals surface area contributed by atoms with Gasteiger partial charge in [-0.3, -0.25) is 0 Å². The molecule has 1 aromatic carbocycles. The summed E-state index contributed by atoms with van der Waals surface area (Å²) in [5, 5.41) is 19.1. The number of imidazole rings is 1. The second-order valence-corrected chi connectivity index (χ2v) is 7.93. The van der Waals surface area contributed by atoms with Gasteiger partial charge >= 0.3 is 0 Å². The zero-order valence-electron chi connectivity index (χ0n) is 16.5. The molecule has 6 heteroatoms. The van der Waals surface area contributed by atoms with E-state index >= 15 is 0 Å². The van der Waals surface area contributed by atoms with Gasteiger partial charge in [0, 0.05) is 37.9 Å². The van der Waals surface area contributed by atoms with Crippen LogP contribution in [-0.4, -0.2) is 44.6 Å². The van der Waals surface area contributed by atoms with E-state index in [0.717, 1.165) is 49.7 Å². The average molecular weight is 377 g/mol. The summed E-state index contributed by atoms with van der Waals surface area (Å²) in [6.07, 6.45) is 6.60. The molecule has 0 spiro atoms.